The highest BCUT2D eigenvalue weighted by Gasteiger charge is 2.03. The Morgan fingerprint density at radius 2 is 1.87 bits per heavy atom. The molecule has 122 valence electrons. The normalized spacial score (nSPS) is 11.4. The monoisotopic (exact) mass is 319 g/mol. The molecule has 0 amide bonds. The van der Waals surface area contributed by atoms with Crippen molar-refractivity contribution in [3.8, 4) is 5.75 Å². The summed E-state index contributed by atoms with van der Waals surface area (Å²) in [5.74, 6) is -1.33. The molecule has 2 aromatic rings. The van der Waals surface area contributed by atoms with Crippen LogP contribution in [-0.2, 0) is 0 Å². The molecule has 0 aliphatic carbocycles. The van der Waals surface area contributed by atoms with Gasteiger partial charge in [-0.1, -0.05) is 6.07 Å². The Balaban J connectivity index is 1.82. The van der Waals surface area contributed by atoms with E-state index in [1.54, 1.807) is 0 Å². The molecule has 2 aromatic carbocycles. The summed E-state index contributed by atoms with van der Waals surface area (Å²) < 4.78 is 31.1. The zero-order valence-corrected chi connectivity index (χ0v) is 13.1. The molecule has 4 nitrogen and oxygen atoms in total. The SMILES string of the molecule is Cc1ccc(NC(N)=NCCOc2ccc(F)c(F)c2)cc1C. The largest absolute Gasteiger partial charge is 0.492 e. The van der Waals surface area contributed by atoms with Crippen molar-refractivity contribution in [2.45, 2.75) is 13.8 Å². The summed E-state index contributed by atoms with van der Waals surface area (Å²) in [6.07, 6.45) is 0. The third-order valence-electron chi connectivity index (χ3n) is 3.31. The fourth-order valence-electron chi connectivity index (χ4n) is 1.90. The number of aryl methyl sites for hydroxylation is 2. The second-order valence-electron chi connectivity index (χ2n) is 5.12. The summed E-state index contributed by atoms with van der Waals surface area (Å²) in [6, 6.07) is 9.27. The number of halogens is 2. The highest BCUT2D eigenvalue weighted by atomic mass is 19.2. The van der Waals surface area contributed by atoms with Crippen molar-refractivity contribution in [1.29, 1.82) is 0 Å². The van der Waals surface area contributed by atoms with Gasteiger partial charge in [-0.15, -0.1) is 0 Å². The number of nitrogens with one attached hydrogen (secondary N) is 1. The quantitative estimate of drug-likeness (QED) is 0.504. The van der Waals surface area contributed by atoms with E-state index in [1.165, 1.54) is 11.6 Å². The van der Waals surface area contributed by atoms with Crippen LogP contribution in [0.5, 0.6) is 5.75 Å². The third kappa shape index (κ3) is 4.95. The maximum absolute atomic E-state index is 13.0. The van der Waals surface area contributed by atoms with Crippen molar-refractivity contribution in [2.75, 3.05) is 18.5 Å². The number of benzene rings is 2. The van der Waals surface area contributed by atoms with Gasteiger partial charge in [0, 0.05) is 11.8 Å². The topological polar surface area (TPSA) is 59.6 Å². The Kier molecular flexibility index (Phi) is 5.51. The fraction of sp³-hybridized carbons (Fsp3) is 0.235. The number of rotatable bonds is 5. The summed E-state index contributed by atoms with van der Waals surface area (Å²) >= 11 is 0. The van der Waals surface area contributed by atoms with Crippen molar-refractivity contribution in [3.63, 3.8) is 0 Å². The molecule has 0 aliphatic heterocycles. The number of hydrogen-bond acceptors (Lipinski definition) is 2. The zero-order chi connectivity index (χ0) is 16.8. The molecule has 23 heavy (non-hydrogen) atoms. The molecule has 0 heterocycles. The molecular weight excluding hydrogens is 300 g/mol. The first-order valence-electron chi connectivity index (χ1n) is 7.18. The Bertz CT molecular complexity index is 717. The molecule has 0 aliphatic rings. The van der Waals surface area contributed by atoms with E-state index in [-0.39, 0.29) is 18.3 Å². The van der Waals surface area contributed by atoms with Gasteiger partial charge in [0.25, 0.3) is 0 Å². The van der Waals surface area contributed by atoms with Gasteiger partial charge in [-0.25, -0.2) is 13.8 Å². The van der Waals surface area contributed by atoms with Gasteiger partial charge < -0.3 is 15.8 Å². The molecular formula is C17H19F2N3O. The van der Waals surface area contributed by atoms with E-state index in [9.17, 15) is 8.78 Å². The highest BCUT2D eigenvalue weighted by Crippen LogP contribution is 2.15. The number of aliphatic imine (C=N–C) groups is 1. The van der Waals surface area contributed by atoms with Crippen LogP contribution in [-0.4, -0.2) is 19.1 Å². The Hall–Kier alpha value is -2.63. The van der Waals surface area contributed by atoms with Crippen molar-refractivity contribution < 1.29 is 13.5 Å². The van der Waals surface area contributed by atoms with Gasteiger partial charge >= 0.3 is 0 Å². The van der Waals surface area contributed by atoms with Gasteiger partial charge in [0.05, 0.1) is 6.54 Å². The van der Waals surface area contributed by atoms with E-state index in [1.807, 2.05) is 32.0 Å². The molecule has 0 aromatic heterocycles. The molecule has 0 saturated carbocycles. The predicted molar refractivity (Wildman–Crippen MR) is 87.9 cm³/mol. The van der Waals surface area contributed by atoms with Crippen LogP contribution in [0.15, 0.2) is 41.4 Å². The summed E-state index contributed by atoms with van der Waals surface area (Å²) in [5, 5.41) is 2.99. The minimum absolute atomic E-state index is 0.209. The van der Waals surface area contributed by atoms with E-state index in [0.29, 0.717) is 6.54 Å². The number of nitrogens with zero attached hydrogens (tertiary/aromatic N) is 1. The first-order chi connectivity index (χ1) is 11.0. The van der Waals surface area contributed by atoms with Crippen LogP contribution >= 0.6 is 0 Å². The maximum Gasteiger partial charge on any atom is 0.193 e. The van der Waals surface area contributed by atoms with E-state index < -0.39 is 11.6 Å². The molecule has 6 heteroatoms. The Morgan fingerprint density at radius 1 is 1.09 bits per heavy atom. The number of anilines is 1. The molecule has 3 N–H and O–H groups in total. The molecule has 0 saturated heterocycles. The van der Waals surface area contributed by atoms with E-state index >= 15 is 0 Å². The average Bonchev–Trinajstić information content (AvgIpc) is 2.51. The minimum Gasteiger partial charge on any atom is -0.492 e. The highest BCUT2D eigenvalue weighted by molar-refractivity contribution is 5.92. The van der Waals surface area contributed by atoms with Crippen LogP contribution in [0.3, 0.4) is 0 Å². The summed E-state index contributed by atoms with van der Waals surface area (Å²) in [6.45, 7) is 4.55. The zero-order valence-electron chi connectivity index (χ0n) is 13.1. The van der Waals surface area contributed by atoms with Crippen LogP contribution in [0.1, 0.15) is 11.1 Å². The Labute approximate surface area is 134 Å². The van der Waals surface area contributed by atoms with Crippen LogP contribution in [0.4, 0.5) is 14.5 Å². The number of hydrogen-bond donors (Lipinski definition) is 2. The summed E-state index contributed by atoms with van der Waals surface area (Å²) in [7, 11) is 0. The van der Waals surface area contributed by atoms with E-state index in [2.05, 4.69) is 10.3 Å². The third-order valence-corrected chi connectivity index (χ3v) is 3.31. The van der Waals surface area contributed by atoms with Gasteiger partial charge in [-0.2, -0.15) is 0 Å². The number of guanidine groups is 1. The molecule has 0 spiro atoms. The lowest BCUT2D eigenvalue weighted by Crippen LogP contribution is -2.23. The van der Waals surface area contributed by atoms with Gasteiger partial charge in [-0.05, 0) is 49.2 Å². The lowest BCUT2D eigenvalue weighted by atomic mass is 10.1. The summed E-state index contributed by atoms with van der Waals surface area (Å²) in [5.41, 5.74) is 9.01. The van der Waals surface area contributed by atoms with Gasteiger partial charge in [0.2, 0.25) is 0 Å². The Morgan fingerprint density at radius 3 is 2.57 bits per heavy atom. The second-order valence-corrected chi connectivity index (χ2v) is 5.12. The van der Waals surface area contributed by atoms with Crippen LogP contribution < -0.4 is 15.8 Å². The van der Waals surface area contributed by atoms with Crippen molar-refractivity contribution >= 4 is 11.6 Å². The molecule has 0 bridgehead atoms. The van der Waals surface area contributed by atoms with Gasteiger partial charge in [0.1, 0.15) is 12.4 Å². The maximum atomic E-state index is 13.0. The number of nitrogens with two attached hydrogens (primary N) is 1. The van der Waals surface area contributed by atoms with Gasteiger partial charge in [0.15, 0.2) is 17.6 Å². The van der Waals surface area contributed by atoms with Crippen molar-refractivity contribution in [2.24, 2.45) is 10.7 Å². The standard InChI is InChI=1S/C17H19F2N3O/c1-11-3-4-13(9-12(11)2)22-17(20)21-7-8-23-14-5-6-15(18)16(19)10-14/h3-6,9-10H,7-8H2,1-2H3,(H3,20,21,22). The van der Waals surface area contributed by atoms with Crippen LogP contribution in [0.2, 0.25) is 0 Å². The van der Waals surface area contributed by atoms with Gasteiger partial charge in [-0.3, -0.25) is 0 Å². The molecule has 0 radical (unpaired) electrons. The average molecular weight is 319 g/mol. The fourth-order valence-corrected chi connectivity index (χ4v) is 1.90. The predicted octanol–water partition coefficient (Wildman–Crippen LogP) is 3.39. The molecule has 0 atom stereocenters. The second kappa shape index (κ2) is 7.58. The van der Waals surface area contributed by atoms with Crippen LogP contribution in [0, 0.1) is 25.5 Å². The van der Waals surface area contributed by atoms with E-state index in [0.717, 1.165) is 23.4 Å². The first-order valence-corrected chi connectivity index (χ1v) is 7.18. The molecule has 0 fully saturated rings. The lowest BCUT2D eigenvalue weighted by molar-refractivity contribution is 0.325. The van der Waals surface area contributed by atoms with E-state index in [4.69, 9.17) is 10.5 Å². The van der Waals surface area contributed by atoms with Crippen LogP contribution in [0.25, 0.3) is 0 Å². The van der Waals surface area contributed by atoms with Crippen molar-refractivity contribution in [1.82, 2.24) is 0 Å². The molecule has 0 unspecified atom stereocenters. The lowest BCUT2D eigenvalue weighted by Gasteiger charge is -2.08. The first kappa shape index (κ1) is 16.7. The van der Waals surface area contributed by atoms with Crippen molar-refractivity contribution in [3.05, 3.63) is 59.2 Å². The smallest absolute Gasteiger partial charge is 0.193 e. The molecule has 2 rings (SSSR count). The minimum atomic E-state index is -0.943. The number of ether oxygens (including phenoxy) is 1. The summed E-state index contributed by atoms with van der Waals surface area (Å²) in [4.78, 5) is 4.12.